The second kappa shape index (κ2) is 13.2. The van der Waals surface area contributed by atoms with Crippen LogP contribution in [0.1, 0.15) is 25.0 Å². The van der Waals surface area contributed by atoms with Gasteiger partial charge in [0.1, 0.15) is 0 Å². The molecule has 56 heavy (non-hydrogen) atoms. The molecule has 2 aliphatic heterocycles. The summed E-state index contributed by atoms with van der Waals surface area (Å²) in [7, 11) is 0. The summed E-state index contributed by atoms with van der Waals surface area (Å²) >= 11 is 3.88. The van der Waals surface area contributed by atoms with Crippen LogP contribution in [0.3, 0.4) is 0 Å². The molecule has 9 aromatic rings. The van der Waals surface area contributed by atoms with Crippen LogP contribution in [0.5, 0.6) is 0 Å². The summed E-state index contributed by atoms with van der Waals surface area (Å²) in [6, 6.07) is 70.2. The van der Waals surface area contributed by atoms with Crippen LogP contribution in [0.2, 0.25) is 0 Å². The highest BCUT2D eigenvalue weighted by Gasteiger charge is 2.39. The maximum atomic E-state index is 2.47. The molecular formula is C53H37BS2. The number of rotatable bonds is 5. The van der Waals surface area contributed by atoms with E-state index in [0.717, 1.165) is 0 Å². The summed E-state index contributed by atoms with van der Waals surface area (Å²) in [5.41, 5.74) is 14.4. The molecule has 0 N–H and O–H groups in total. The van der Waals surface area contributed by atoms with Crippen molar-refractivity contribution < 1.29 is 0 Å². The molecule has 0 bridgehead atoms. The molecule has 11 rings (SSSR count). The van der Waals surface area contributed by atoms with Crippen LogP contribution in [0.4, 0.5) is 0 Å². The molecule has 3 heteroatoms. The Kier molecular flexibility index (Phi) is 7.91. The molecule has 0 amide bonds. The van der Waals surface area contributed by atoms with Gasteiger partial charge in [0.05, 0.1) is 0 Å². The quantitative estimate of drug-likeness (QED) is 0.127. The minimum absolute atomic E-state index is 0.113. The van der Waals surface area contributed by atoms with Gasteiger partial charge < -0.3 is 0 Å². The zero-order valence-corrected chi connectivity index (χ0v) is 32.9. The van der Waals surface area contributed by atoms with Gasteiger partial charge in [-0.2, -0.15) is 0 Å². The Morgan fingerprint density at radius 1 is 0.357 bits per heavy atom. The van der Waals surface area contributed by atoms with E-state index >= 15 is 0 Å². The highest BCUT2D eigenvalue weighted by atomic mass is 32.2. The second-order valence-electron chi connectivity index (χ2n) is 15.6. The normalized spacial score (nSPS) is 13.0. The monoisotopic (exact) mass is 748 g/mol. The van der Waals surface area contributed by atoms with Crippen molar-refractivity contribution in [3.8, 4) is 33.4 Å². The molecule has 0 nitrogen and oxygen atoms in total. The Labute approximate surface area is 337 Å². The Bertz CT molecular complexity index is 2950. The molecule has 0 aromatic heterocycles. The first-order chi connectivity index (χ1) is 27.5. The lowest BCUT2D eigenvalue weighted by Gasteiger charge is -2.34. The third kappa shape index (κ3) is 5.33. The highest BCUT2D eigenvalue weighted by Crippen LogP contribution is 2.46. The molecule has 2 aliphatic rings. The van der Waals surface area contributed by atoms with E-state index in [2.05, 4.69) is 202 Å². The Morgan fingerprint density at radius 3 is 1.55 bits per heavy atom. The van der Waals surface area contributed by atoms with Crippen molar-refractivity contribution in [3.05, 3.63) is 199 Å². The smallest absolute Gasteiger partial charge is 0.0911 e. The number of benzene rings is 9. The molecule has 0 saturated heterocycles. The SMILES string of the molecule is CC(C)(c1ccccc1)c1ccc2c(c1)Sc1cc(-c3cccc(-c4c5ccccc5c(-c5ccccc5)c5ccccc45)c3)cc3c1B2c1ccccc1S3. The molecule has 0 atom stereocenters. The average molecular weight is 749 g/mol. The molecule has 0 saturated carbocycles. The van der Waals surface area contributed by atoms with Gasteiger partial charge in [0.25, 0.3) is 0 Å². The summed E-state index contributed by atoms with van der Waals surface area (Å²) < 4.78 is 0. The molecular weight excluding hydrogens is 712 g/mol. The summed E-state index contributed by atoms with van der Waals surface area (Å²) in [5, 5.41) is 5.11. The average Bonchev–Trinajstić information content (AvgIpc) is 3.25. The molecule has 264 valence electrons. The summed E-state index contributed by atoms with van der Waals surface area (Å²) in [4.78, 5) is 5.44. The van der Waals surface area contributed by atoms with Crippen molar-refractivity contribution in [2.75, 3.05) is 0 Å². The molecule has 2 heterocycles. The standard InChI is InChI=1S/C53H37BS2/c1-53(2,38-20-7-4-8-21-38)39-28-29-45-47(33-39)56-49-32-37(31-48-52(49)54(45)44-26-13-14-27-46(44)55-48)35-18-15-19-36(30-35)51-42-24-11-9-22-40(42)50(34-16-5-3-6-17-34)41-23-10-12-25-43(41)51/h3-33H,1-2H3. The van der Waals surface area contributed by atoms with Gasteiger partial charge in [-0.25, -0.2) is 0 Å². The van der Waals surface area contributed by atoms with Crippen LogP contribution < -0.4 is 16.4 Å². The van der Waals surface area contributed by atoms with E-state index in [1.54, 1.807) is 0 Å². The third-order valence-electron chi connectivity index (χ3n) is 12.1. The number of fused-ring (bicyclic) bond motifs is 6. The first-order valence-electron chi connectivity index (χ1n) is 19.5. The van der Waals surface area contributed by atoms with E-state index in [-0.39, 0.29) is 12.1 Å². The largest absolute Gasteiger partial charge is 0.247 e. The minimum atomic E-state index is -0.113. The van der Waals surface area contributed by atoms with Crippen molar-refractivity contribution in [1.82, 2.24) is 0 Å². The van der Waals surface area contributed by atoms with E-state index in [9.17, 15) is 0 Å². The number of hydrogen-bond acceptors (Lipinski definition) is 2. The van der Waals surface area contributed by atoms with Crippen LogP contribution in [-0.4, -0.2) is 6.71 Å². The van der Waals surface area contributed by atoms with E-state index in [1.807, 2.05) is 23.5 Å². The lowest BCUT2D eigenvalue weighted by molar-refractivity contribution is 0.639. The minimum Gasteiger partial charge on any atom is -0.0911 e. The lowest BCUT2D eigenvalue weighted by Crippen LogP contribution is -2.58. The molecule has 9 aromatic carbocycles. The van der Waals surface area contributed by atoms with Crippen LogP contribution in [0.15, 0.2) is 208 Å². The van der Waals surface area contributed by atoms with Crippen molar-refractivity contribution in [2.24, 2.45) is 0 Å². The van der Waals surface area contributed by atoms with E-state index in [1.165, 1.54) is 102 Å². The van der Waals surface area contributed by atoms with Gasteiger partial charge >= 0.3 is 0 Å². The molecule has 0 unspecified atom stereocenters. The van der Waals surface area contributed by atoms with Gasteiger partial charge in [0.2, 0.25) is 6.71 Å². The topological polar surface area (TPSA) is 0 Å². The van der Waals surface area contributed by atoms with Gasteiger partial charge in [0, 0.05) is 25.0 Å². The van der Waals surface area contributed by atoms with E-state index < -0.39 is 0 Å². The summed E-state index contributed by atoms with van der Waals surface area (Å²) in [6.45, 7) is 4.91. The van der Waals surface area contributed by atoms with Gasteiger partial charge in [-0.3, -0.25) is 0 Å². The zero-order chi connectivity index (χ0) is 37.4. The Balaban J connectivity index is 1.07. The maximum absolute atomic E-state index is 2.47. The fraction of sp³-hybridized carbons (Fsp3) is 0.0566. The van der Waals surface area contributed by atoms with Crippen LogP contribution >= 0.6 is 23.5 Å². The molecule has 0 fully saturated rings. The Morgan fingerprint density at radius 2 is 0.875 bits per heavy atom. The highest BCUT2D eigenvalue weighted by molar-refractivity contribution is 8.01. The van der Waals surface area contributed by atoms with Crippen LogP contribution in [0.25, 0.3) is 54.9 Å². The molecule has 0 spiro atoms. The molecule has 0 aliphatic carbocycles. The number of hydrogen-bond donors (Lipinski definition) is 0. The first-order valence-corrected chi connectivity index (χ1v) is 21.1. The van der Waals surface area contributed by atoms with Crippen LogP contribution in [-0.2, 0) is 5.41 Å². The second-order valence-corrected chi connectivity index (χ2v) is 17.8. The van der Waals surface area contributed by atoms with Gasteiger partial charge in [0.15, 0.2) is 0 Å². The fourth-order valence-electron chi connectivity index (χ4n) is 9.23. The van der Waals surface area contributed by atoms with Crippen molar-refractivity contribution in [1.29, 1.82) is 0 Å². The summed E-state index contributed by atoms with van der Waals surface area (Å²) in [5.74, 6) is 0. The summed E-state index contributed by atoms with van der Waals surface area (Å²) in [6.07, 6.45) is 0. The lowest BCUT2D eigenvalue weighted by atomic mass is 9.36. The zero-order valence-electron chi connectivity index (χ0n) is 31.3. The van der Waals surface area contributed by atoms with Gasteiger partial charge in [-0.05, 0) is 102 Å². The van der Waals surface area contributed by atoms with Gasteiger partial charge in [-0.1, -0.05) is 206 Å². The van der Waals surface area contributed by atoms with E-state index in [0.29, 0.717) is 0 Å². The third-order valence-corrected chi connectivity index (χ3v) is 14.4. The maximum Gasteiger partial charge on any atom is 0.247 e. The predicted molar refractivity (Wildman–Crippen MR) is 242 cm³/mol. The predicted octanol–water partition coefficient (Wildman–Crippen LogP) is 12.8. The van der Waals surface area contributed by atoms with Crippen LogP contribution in [0, 0.1) is 0 Å². The first kappa shape index (κ1) is 33.6. The fourth-order valence-corrected chi connectivity index (χ4v) is 11.8. The Hall–Kier alpha value is -5.74. The van der Waals surface area contributed by atoms with Crippen molar-refractivity contribution in [2.45, 2.75) is 38.8 Å². The van der Waals surface area contributed by atoms with E-state index in [4.69, 9.17) is 0 Å². The van der Waals surface area contributed by atoms with Crippen molar-refractivity contribution in [3.63, 3.8) is 0 Å². The molecule has 0 radical (unpaired) electrons. The van der Waals surface area contributed by atoms with Gasteiger partial charge in [-0.15, -0.1) is 0 Å². The van der Waals surface area contributed by atoms with Crippen molar-refractivity contribution >= 4 is 68.2 Å².